The Balaban J connectivity index is 0.00000648. The number of rotatable bonds is 11. The quantitative estimate of drug-likeness (QED) is 0.119. The fourth-order valence-corrected chi connectivity index (χ4v) is 7.01. The molecule has 2 aromatic rings. The van der Waals surface area contributed by atoms with Crippen LogP contribution in [-0.4, -0.2) is 100 Å². The standard InChI is InChI=1S/C23H33NO9P2.2Na/c1-4-18(15-6-9-17(25)10-7-15)19(5-2)16-8-11-21(26)20(13-16)24-23(27)14(3)12-22(34(28,29)30)35(31,32)33;;/h6-11,13-14,18-19,22,25-26H,4-5,12H2,1-3H3,(H,24,27)(H2,28,29,30)(H2,31,32,33);;. The minimum absolute atomic E-state index is 0. The van der Waals surface area contributed by atoms with Crippen LogP contribution in [0.15, 0.2) is 42.5 Å². The third-order valence-corrected chi connectivity index (χ3v) is 9.96. The van der Waals surface area contributed by atoms with Gasteiger partial charge < -0.3 is 35.1 Å². The van der Waals surface area contributed by atoms with Crippen molar-refractivity contribution in [3.05, 3.63) is 53.6 Å². The van der Waals surface area contributed by atoms with E-state index in [1.165, 1.54) is 13.0 Å². The van der Waals surface area contributed by atoms with Gasteiger partial charge >= 0.3 is 15.2 Å². The van der Waals surface area contributed by atoms with E-state index in [1.807, 2.05) is 26.0 Å². The zero-order valence-corrected chi connectivity index (χ0v) is 27.6. The van der Waals surface area contributed by atoms with E-state index in [4.69, 9.17) is 0 Å². The Labute approximate surface area is 261 Å². The van der Waals surface area contributed by atoms with Crippen LogP contribution in [0.4, 0.5) is 5.69 Å². The van der Waals surface area contributed by atoms with Crippen molar-refractivity contribution in [1.29, 1.82) is 0 Å². The van der Waals surface area contributed by atoms with Crippen LogP contribution in [0, 0.1) is 5.92 Å². The minimum Gasteiger partial charge on any atom is -0.508 e. The minimum atomic E-state index is -5.16. The van der Waals surface area contributed by atoms with Gasteiger partial charge in [0.05, 0.1) is 5.69 Å². The predicted molar refractivity (Wildman–Crippen MR) is 144 cm³/mol. The summed E-state index contributed by atoms with van der Waals surface area (Å²) in [6.07, 6.45) is 0.812. The Bertz CT molecular complexity index is 1100. The summed E-state index contributed by atoms with van der Waals surface area (Å²) in [5.41, 5.74) is 1.96. The summed E-state index contributed by atoms with van der Waals surface area (Å²) in [4.78, 5) is 50.0. The van der Waals surface area contributed by atoms with Crippen LogP contribution in [-0.2, 0) is 13.9 Å². The third kappa shape index (κ3) is 10.4. The van der Waals surface area contributed by atoms with Crippen molar-refractivity contribution in [1.82, 2.24) is 0 Å². The zero-order chi connectivity index (χ0) is 26.6. The molecule has 3 atom stereocenters. The van der Waals surface area contributed by atoms with E-state index in [-0.39, 0.29) is 88.1 Å². The van der Waals surface area contributed by atoms with E-state index >= 15 is 0 Å². The van der Waals surface area contributed by atoms with Crippen molar-refractivity contribution in [3.63, 3.8) is 0 Å². The molecule has 1 amide bonds. The Morgan fingerprint density at radius 1 is 0.838 bits per heavy atom. The first kappa shape index (κ1) is 36.8. The fourth-order valence-electron chi connectivity index (χ4n) is 4.26. The van der Waals surface area contributed by atoms with Crippen LogP contribution >= 0.6 is 15.2 Å². The molecule has 196 valence electrons. The average Bonchev–Trinajstić information content (AvgIpc) is 2.76. The van der Waals surface area contributed by atoms with Gasteiger partial charge in [-0.3, -0.25) is 13.9 Å². The van der Waals surface area contributed by atoms with Gasteiger partial charge in [0.1, 0.15) is 11.5 Å². The Morgan fingerprint density at radius 3 is 1.76 bits per heavy atom. The van der Waals surface area contributed by atoms with Gasteiger partial charge in [0, 0.05) is 65.0 Å². The topological polar surface area (TPSA) is 185 Å². The summed E-state index contributed by atoms with van der Waals surface area (Å²) < 4.78 is 23.1. The fraction of sp³-hybridized carbons (Fsp3) is 0.435. The molecule has 0 fully saturated rings. The van der Waals surface area contributed by atoms with Crippen LogP contribution < -0.4 is 5.32 Å². The van der Waals surface area contributed by atoms with Gasteiger partial charge in [-0.25, -0.2) is 0 Å². The predicted octanol–water partition coefficient (Wildman–Crippen LogP) is 3.67. The van der Waals surface area contributed by atoms with E-state index in [0.29, 0.717) is 0 Å². The summed E-state index contributed by atoms with van der Waals surface area (Å²) in [6, 6.07) is 11.8. The number of nitrogens with one attached hydrogen (secondary N) is 1. The van der Waals surface area contributed by atoms with Gasteiger partial charge in [-0.2, -0.15) is 0 Å². The number of hydrogen-bond acceptors (Lipinski definition) is 5. The molecule has 0 bridgehead atoms. The summed E-state index contributed by atoms with van der Waals surface area (Å²) in [7, 11) is -10.3. The second-order valence-corrected chi connectivity index (χ2v) is 12.7. The van der Waals surface area contributed by atoms with E-state index in [0.717, 1.165) is 24.0 Å². The number of anilines is 1. The van der Waals surface area contributed by atoms with Gasteiger partial charge in [0.15, 0.2) is 5.40 Å². The third-order valence-electron chi connectivity index (χ3n) is 6.18. The number of phenolic OH excluding ortho intramolecular Hbond substituents is 2. The van der Waals surface area contributed by atoms with Crippen molar-refractivity contribution in [2.45, 2.75) is 57.3 Å². The number of aromatic hydroxyl groups is 2. The first-order valence-electron chi connectivity index (χ1n) is 11.2. The SMILES string of the molecule is CCC(c1ccc(O)cc1)C(CC)c1ccc(O)c(NC(=O)C(C)CC(P(=O)(O)O)P(=O)(O)O)c1.[Na].[Na]. The molecule has 14 heteroatoms. The molecule has 0 aromatic heterocycles. The van der Waals surface area contributed by atoms with Crippen molar-refractivity contribution in [2.75, 3.05) is 5.32 Å². The van der Waals surface area contributed by atoms with Gasteiger partial charge in [-0.1, -0.05) is 39.0 Å². The maximum absolute atomic E-state index is 12.7. The molecule has 0 spiro atoms. The zero-order valence-electron chi connectivity index (χ0n) is 21.8. The van der Waals surface area contributed by atoms with Crippen LogP contribution in [0.1, 0.15) is 63.0 Å². The number of phenols is 2. The van der Waals surface area contributed by atoms with Crippen molar-refractivity contribution in [3.8, 4) is 11.5 Å². The first-order chi connectivity index (χ1) is 16.2. The Hall–Kier alpha value is -0.190. The number of carbonyl (C=O) groups is 1. The summed E-state index contributed by atoms with van der Waals surface area (Å²) in [5.74, 6) is -1.84. The van der Waals surface area contributed by atoms with Crippen LogP contribution in [0.25, 0.3) is 0 Å². The summed E-state index contributed by atoms with van der Waals surface area (Å²) in [5, 5.41) is 20.1. The van der Waals surface area contributed by atoms with E-state index < -0.39 is 38.8 Å². The molecule has 0 aliphatic carbocycles. The van der Waals surface area contributed by atoms with Gasteiger partial charge in [0.25, 0.3) is 0 Å². The molecular formula is C23H33NNa2O9P2. The second-order valence-electron chi connectivity index (χ2n) is 8.68. The largest absolute Gasteiger partial charge is 0.508 e. The smallest absolute Gasteiger partial charge is 0.340 e. The summed E-state index contributed by atoms with van der Waals surface area (Å²) in [6.45, 7) is 5.36. The number of carbonyl (C=O) groups excluding carboxylic acids is 1. The Morgan fingerprint density at radius 2 is 1.30 bits per heavy atom. The molecule has 3 unspecified atom stereocenters. The molecule has 7 N–H and O–H groups in total. The summed E-state index contributed by atoms with van der Waals surface area (Å²) >= 11 is 0. The van der Waals surface area contributed by atoms with E-state index in [2.05, 4.69) is 5.32 Å². The molecule has 0 saturated heterocycles. The normalized spacial score (nSPS) is 14.2. The van der Waals surface area contributed by atoms with E-state index in [1.54, 1.807) is 24.3 Å². The molecule has 2 rings (SSSR count). The van der Waals surface area contributed by atoms with E-state index in [9.17, 15) is 43.7 Å². The molecular weight excluding hydrogens is 542 g/mol. The number of benzene rings is 2. The number of hydrogen-bond donors (Lipinski definition) is 7. The first-order valence-corrected chi connectivity index (χ1v) is 14.6. The van der Waals surface area contributed by atoms with Crippen LogP contribution in [0.5, 0.6) is 11.5 Å². The molecule has 0 heterocycles. The van der Waals surface area contributed by atoms with Gasteiger partial charge in [0.2, 0.25) is 5.91 Å². The van der Waals surface area contributed by atoms with Gasteiger partial charge in [-0.05, 0) is 66.5 Å². The molecule has 0 aliphatic heterocycles. The molecule has 0 aliphatic rings. The maximum Gasteiger partial charge on any atom is 0.340 e. The maximum atomic E-state index is 12.7. The average molecular weight is 575 g/mol. The van der Waals surface area contributed by atoms with Gasteiger partial charge in [-0.15, -0.1) is 0 Å². The second kappa shape index (κ2) is 15.6. The molecule has 2 radical (unpaired) electrons. The monoisotopic (exact) mass is 575 g/mol. The number of amides is 1. The molecule has 2 aromatic carbocycles. The molecule has 37 heavy (non-hydrogen) atoms. The van der Waals surface area contributed by atoms with Crippen molar-refractivity contribution >= 4 is 85.9 Å². The molecule has 0 saturated carbocycles. The van der Waals surface area contributed by atoms with Crippen LogP contribution in [0.3, 0.4) is 0 Å². The van der Waals surface area contributed by atoms with Crippen molar-refractivity contribution < 1.29 is 43.7 Å². The van der Waals surface area contributed by atoms with Crippen LogP contribution in [0.2, 0.25) is 0 Å². The molecule has 10 nitrogen and oxygen atoms in total. The van der Waals surface area contributed by atoms with Crippen molar-refractivity contribution in [2.24, 2.45) is 5.92 Å². The Kier molecular flexibility index (Phi) is 15.5.